The van der Waals surface area contributed by atoms with Gasteiger partial charge in [0.15, 0.2) is 9.84 Å². The van der Waals surface area contributed by atoms with E-state index in [4.69, 9.17) is 10.5 Å². The molecule has 9 heteroatoms. The maximum atomic E-state index is 12.4. The number of hydrogen-bond donors (Lipinski definition) is 3. The number of piperidine rings is 1. The Balaban J connectivity index is 2.02. The maximum Gasteiger partial charge on any atom is 0.251 e. The highest BCUT2D eigenvalue weighted by Gasteiger charge is 2.32. The molecule has 1 saturated heterocycles. The number of hydrogen-bond acceptors (Lipinski definition) is 6. The molecule has 0 saturated carbocycles. The summed E-state index contributed by atoms with van der Waals surface area (Å²) in [6.45, 7) is 2.82. The van der Waals surface area contributed by atoms with Gasteiger partial charge >= 0.3 is 0 Å². The quantitative estimate of drug-likeness (QED) is 0.565. The van der Waals surface area contributed by atoms with Gasteiger partial charge in [0.2, 0.25) is 5.91 Å². The second kappa shape index (κ2) is 8.61. The monoisotopic (exact) mass is 383 g/mol. The molecule has 0 radical (unpaired) electrons. The van der Waals surface area contributed by atoms with E-state index in [1.165, 1.54) is 24.3 Å². The molecule has 2 amide bonds. The van der Waals surface area contributed by atoms with E-state index in [-0.39, 0.29) is 16.2 Å². The number of carbonyl (C=O) groups excluding carboxylic acids is 2. The van der Waals surface area contributed by atoms with Gasteiger partial charge in [-0.1, -0.05) is 0 Å². The number of sulfone groups is 1. The molecule has 1 aliphatic heterocycles. The molecule has 0 aliphatic carbocycles. The Bertz CT molecular complexity index is 735. The Morgan fingerprint density at radius 3 is 2.38 bits per heavy atom. The number of nitrogens with two attached hydrogens (primary N) is 1. The van der Waals surface area contributed by atoms with Crippen molar-refractivity contribution in [3.63, 3.8) is 0 Å². The molecular formula is C17H25N3O5S. The summed E-state index contributed by atoms with van der Waals surface area (Å²) in [7, 11) is -2.13. The summed E-state index contributed by atoms with van der Waals surface area (Å²) in [4.78, 5) is 23.2. The van der Waals surface area contributed by atoms with Crippen molar-refractivity contribution in [1.82, 2.24) is 10.6 Å². The molecule has 0 spiro atoms. The number of rotatable bonds is 8. The SMILES string of the molecule is COCC1(CNC(=O)c2ccc(S(=O)(=O)CC(N)=O)cc2)CCNCC1. The van der Waals surface area contributed by atoms with Crippen LogP contribution in [-0.4, -0.2) is 59.3 Å². The Kier molecular flexibility index (Phi) is 6.74. The van der Waals surface area contributed by atoms with E-state index in [1.807, 2.05) is 0 Å². The topological polar surface area (TPSA) is 128 Å². The van der Waals surface area contributed by atoms with Crippen LogP contribution in [0.15, 0.2) is 29.2 Å². The summed E-state index contributed by atoms with van der Waals surface area (Å²) in [5.74, 6) is -1.96. The molecular weight excluding hydrogens is 358 g/mol. The van der Waals surface area contributed by atoms with Crippen molar-refractivity contribution < 1.29 is 22.7 Å². The van der Waals surface area contributed by atoms with Crippen LogP contribution in [0.5, 0.6) is 0 Å². The number of nitrogens with one attached hydrogen (secondary N) is 2. The number of methoxy groups -OCH3 is 1. The van der Waals surface area contributed by atoms with Crippen LogP contribution in [0.3, 0.4) is 0 Å². The van der Waals surface area contributed by atoms with Crippen LogP contribution in [0, 0.1) is 5.41 Å². The van der Waals surface area contributed by atoms with Crippen molar-refractivity contribution >= 4 is 21.7 Å². The summed E-state index contributed by atoms with van der Waals surface area (Å²) in [6, 6.07) is 5.47. The number of carbonyl (C=O) groups is 2. The zero-order chi connectivity index (χ0) is 19.2. The predicted octanol–water partition coefficient (Wildman–Crippen LogP) is -0.308. The molecule has 0 bridgehead atoms. The Hall–Kier alpha value is -1.97. The first-order valence-corrected chi connectivity index (χ1v) is 10.0. The van der Waals surface area contributed by atoms with E-state index in [0.29, 0.717) is 18.7 Å². The molecule has 8 nitrogen and oxygen atoms in total. The average Bonchev–Trinajstić information content (AvgIpc) is 2.60. The fraction of sp³-hybridized carbons (Fsp3) is 0.529. The van der Waals surface area contributed by atoms with Gasteiger partial charge in [0.25, 0.3) is 5.91 Å². The number of amides is 2. The lowest BCUT2D eigenvalue weighted by Crippen LogP contribution is -2.47. The average molecular weight is 383 g/mol. The molecule has 144 valence electrons. The van der Waals surface area contributed by atoms with Crippen molar-refractivity contribution in [2.75, 3.05) is 39.1 Å². The molecule has 1 aliphatic rings. The first-order valence-electron chi connectivity index (χ1n) is 8.37. The van der Waals surface area contributed by atoms with Crippen molar-refractivity contribution in [2.24, 2.45) is 11.1 Å². The van der Waals surface area contributed by atoms with Crippen molar-refractivity contribution in [1.29, 1.82) is 0 Å². The van der Waals surface area contributed by atoms with Gasteiger partial charge in [-0.15, -0.1) is 0 Å². The highest BCUT2D eigenvalue weighted by Crippen LogP contribution is 2.28. The summed E-state index contributed by atoms with van der Waals surface area (Å²) >= 11 is 0. The highest BCUT2D eigenvalue weighted by atomic mass is 32.2. The first-order chi connectivity index (χ1) is 12.3. The van der Waals surface area contributed by atoms with Crippen LogP contribution < -0.4 is 16.4 Å². The first kappa shape index (κ1) is 20.3. The largest absolute Gasteiger partial charge is 0.384 e. The minimum absolute atomic E-state index is 0.0398. The molecule has 1 fully saturated rings. The van der Waals surface area contributed by atoms with Crippen molar-refractivity contribution in [3.05, 3.63) is 29.8 Å². The Morgan fingerprint density at radius 1 is 1.23 bits per heavy atom. The van der Waals surface area contributed by atoms with E-state index in [1.54, 1.807) is 7.11 Å². The van der Waals surface area contributed by atoms with Gasteiger partial charge in [-0.2, -0.15) is 0 Å². The molecule has 0 unspecified atom stereocenters. The summed E-state index contributed by atoms with van der Waals surface area (Å²) in [5, 5.41) is 6.21. The van der Waals surface area contributed by atoms with E-state index < -0.39 is 21.5 Å². The standard InChI is InChI=1S/C17H25N3O5S/c1-25-12-17(6-8-19-9-7-17)11-20-16(22)13-2-4-14(5-3-13)26(23,24)10-15(18)21/h2-5,19H,6-12H2,1H3,(H2,18,21)(H,20,22). The lowest BCUT2D eigenvalue weighted by atomic mass is 9.79. The number of ether oxygens (including phenoxy) is 1. The molecule has 0 atom stereocenters. The zero-order valence-corrected chi connectivity index (χ0v) is 15.6. The van der Waals surface area contributed by atoms with Crippen LogP contribution in [0.4, 0.5) is 0 Å². The minimum atomic E-state index is -3.78. The third kappa shape index (κ3) is 5.26. The fourth-order valence-corrected chi connectivity index (χ4v) is 4.18. The van der Waals surface area contributed by atoms with Crippen LogP contribution in [0.1, 0.15) is 23.2 Å². The fourth-order valence-electron chi connectivity index (χ4n) is 3.09. The highest BCUT2D eigenvalue weighted by molar-refractivity contribution is 7.92. The molecule has 1 aromatic rings. The number of benzene rings is 1. The van der Waals surface area contributed by atoms with Crippen molar-refractivity contribution in [3.8, 4) is 0 Å². The molecule has 4 N–H and O–H groups in total. The lowest BCUT2D eigenvalue weighted by molar-refractivity contribution is -0.115. The van der Waals surface area contributed by atoms with Crippen LogP contribution in [0.25, 0.3) is 0 Å². The Labute approximate surface area is 153 Å². The smallest absolute Gasteiger partial charge is 0.251 e. The van der Waals surface area contributed by atoms with E-state index in [2.05, 4.69) is 10.6 Å². The number of primary amides is 1. The molecule has 1 heterocycles. The third-order valence-corrected chi connectivity index (χ3v) is 6.20. The van der Waals surface area contributed by atoms with Crippen LogP contribution in [0.2, 0.25) is 0 Å². The normalized spacial score (nSPS) is 16.8. The molecule has 0 aromatic heterocycles. The van der Waals surface area contributed by atoms with Crippen LogP contribution >= 0.6 is 0 Å². The second-order valence-electron chi connectivity index (χ2n) is 6.62. The Morgan fingerprint density at radius 2 is 1.85 bits per heavy atom. The van der Waals surface area contributed by atoms with E-state index >= 15 is 0 Å². The maximum absolute atomic E-state index is 12.4. The zero-order valence-electron chi connectivity index (χ0n) is 14.8. The van der Waals surface area contributed by atoms with Gasteiger partial charge in [-0.3, -0.25) is 9.59 Å². The van der Waals surface area contributed by atoms with E-state index in [0.717, 1.165) is 25.9 Å². The second-order valence-corrected chi connectivity index (χ2v) is 8.61. The lowest BCUT2D eigenvalue weighted by Gasteiger charge is -2.37. The minimum Gasteiger partial charge on any atom is -0.384 e. The van der Waals surface area contributed by atoms with Crippen LogP contribution in [-0.2, 0) is 19.4 Å². The predicted molar refractivity (Wildman–Crippen MR) is 96.4 cm³/mol. The van der Waals surface area contributed by atoms with Gasteiger partial charge in [-0.25, -0.2) is 8.42 Å². The van der Waals surface area contributed by atoms with Gasteiger partial charge < -0.3 is 21.1 Å². The molecule has 26 heavy (non-hydrogen) atoms. The third-order valence-electron chi connectivity index (χ3n) is 4.55. The molecule has 1 aromatic carbocycles. The summed E-state index contributed by atoms with van der Waals surface area (Å²) < 4.78 is 29.2. The summed E-state index contributed by atoms with van der Waals surface area (Å²) in [6.07, 6.45) is 1.82. The van der Waals surface area contributed by atoms with Gasteiger partial charge in [0.1, 0.15) is 5.75 Å². The van der Waals surface area contributed by atoms with Crippen molar-refractivity contribution in [2.45, 2.75) is 17.7 Å². The van der Waals surface area contributed by atoms with Gasteiger partial charge in [-0.05, 0) is 50.2 Å². The molecule has 2 rings (SSSR count). The van der Waals surface area contributed by atoms with Gasteiger partial charge in [0, 0.05) is 24.6 Å². The van der Waals surface area contributed by atoms with E-state index in [9.17, 15) is 18.0 Å². The van der Waals surface area contributed by atoms with Gasteiger partial charge in [0.05, 0.1) is 11.5 Å². The summed E-state index contributed by atoms with van der Waals surface area (Å²) in [5.41, 5.74) is 5.20.